The zero-order valence-corrected chi connectivity index (χ0v) is 13.4. The summed E-state index contributed by atoms with van der Waals surface area (Å²) in [5.41, 5.74) is 0.774. The molecule has 2 aliphatic carbocycles. The summed E-state index contributed by atoms with van der Waals surface area (Å²) in [5.74, 6) is 2.57. The third kappa shape index (κ3) is 2.81. The number of halogens is 1. The molecule has 4 atom stereocenters. The second-order valence-electron chi connectivity index (χ2n) is 6.11. The molecule has 3 rings (SSSR count). The Balaban J connectivity index is 1.61. The molecule has 102 valence electrons. The molecule has 2 nitrogen and oxygen atoms in total. The summed E-state index contributed by atoms with van der Waals surface area (Å²) in [4.78, 5) is 12.2. The van der Waals surface area contributed by atoms with E-state index in [9.17, 15) is 4.79 Å². The number of benzene rings is 1. The van der Waals surface area contributed by atoms with E-state index in [0.29, 0.717) is 12.0 Å². The van der Waals surface area contributed by atoms with Crippen molar-refractivity contribution in [2.45, 2.75) is 38.6 Å². The van der Waals surface area contributed by atoms with E-state index in [1.54, 1.807) is 0 Å². The van der Waals surface area contributed by atoms with Crippen molar-refractivity contribution in [2.24, 2.45) is 17.8 Å². The Hall–Kier alpha value is -0.580. The summed E-state index contributed by atoms with van der Waals surface area (Å²) in [5, 5.41) is 3.20. The summed E-state index contributed by atoms with van der Waals surface area (Å²) >= 11 is 2.26. The van der Waals surface area contributed by atoms with Crippen molar-refractivity contribution >= 4 is 28.5 Å². The number of fused-ring (bicyclic) bond motifs is 2. The average molecular weight is 369 g/mol. The maximum atomic E-state index is 12.2. The van der Waals surface area contributed by atoms with Crippen LogP contribution in [0.2, 0.25) is 0 Å². The fraction of sp³-hybridized carbons (Fsp3) is 0.562. The molecule has 0 aliphatic heterocycles. The van der Waals surface area contributed by atoms with Gasteiger partial charge >= 0.3 is 0 Å². The molecule has 2 saturated carbocycles. The summed E-state index contributed by atoms with van der Waals surface area (Å²) in [6.45, 7) is 2.18. The first kappa shape index (κ1) is 13.4. The van der Waals surface area contributed by atoms with Crippen molar-refractivity contribution < 1.29 is 4.79 Å². The predicted molar refractivity (Wildman–Crippen MR) is 85.0 cm³/mol. The van der Waals surface area contributed by atoms with Gasteiger partial charge in [0.2, 0.25) is 0 Å². The molecule has 0 spiro atoms. The summed E-state index contributed by atoms with van der Waals surface area (Å²) < 4.78 is 1.16. The third-order valence-electron chi connectivity index (χ3n) is 4.90. The zero-order chi connectivity index (χ0) is 13.4. The van der Waals surface area contributed by atoms with Crippen molar-refractivity contribution in [1.82, 2.24) is 5.32 Å². The van der Waals surface area contributed by atoms with Gasteiger partial charge < -0.3 is 5.32 Å². The van der Waals surface area contributed by atoms with Gasteiger partial charge in [-0.05, 0) is 90.8 Å². The second-order valence-corrected chi connectivity index (χ2v) is 7.35. The van der Waals surface area contributed by atoms with Crippen LogP contribution in [-0.2, 0) is 0 Å². The van der Waals surface area contributed by atoms with E-state index in [2.05, 4.69) is 34.8 Å². The van der Waals surface area contributed by atoms with Gasteiger partial charge in [0.05, 0.1) is 0 Å². The molecule has 1 aromatic carbocycles. The van der Waals surface area contributed by atoms with Crippen molar-refractivity contribution in [2.75, 3.05) is 0 Å². The van der Waals surface area contributed by atoms with Crippen LogP contribution in [0, 0.1) is 21.3 Å². The van der Waals surface area contributed by atoms with Crippen LogP contribution in [0.25, 0.3) is 0 Å². The lowest BCUT2D eigenvalue weighted by Gasteiger charge is -2.28. The van der Waals surface area contributed by atoms with Gasteiger partial charge in [0.15, 0.2) is 0 Å². The molecule has 2 aliphatic rings. The fourth-order valence-electron chi connectivity index (χ4n) is 3.90. The number of nitrogens with one attached hydrogen (secondary N) is 1. The number of amides is 1. The average Bonchev–Trinajstić information content (AvgIpc) is 3.01. The van der Waals surface area contributed by atoms with E-state index in [4.69, 9.17) is 0 Å². The zero-order valence-electron chi connectivity index (χ0n) is 11.2. The first-order chi connectivity index (χ1) is 9.13. The number of hydrogen-bond donors (Lipinski definition) is 1. The molecule has 0 aromatic heterocycles. The summed E-state index contributed by atoms with van der Waals surface area (Å²) in [6, 6.07) is 8.09. The maximum absolute atomic E-state index is 12.2. The maximum Gasteiger partial charge on any atom is 0.251 e. The number of hydrogen-bond acceptors (Lipinski definition) is 1. The molecule has 0 heterocycles. The third-order valence-corrected chi connectivity index (χ3v) is 5.62. The van der Waals surface area contributed by atoms with E-state index < -0.39 is 0 Å². The Bertz CT molecular complexity index is 470. The van der Waals surface area contributed by atoms with Gasteiger partial charge in [-0.3, -0.25) is 4.79 Å². The van der Waals surface area contributed by atoms with E-state index >= 15 is 0 Å². The van der Waals surface area contributed by atoms with Crippen molar-refractivity contribution in [3.05, 3.63) is 33.4 Å². The number of carbonyl (C=O) groups excluding carboxylic acids is 1. The van der Waals surface area contributed by atoms with Crippen LogP contribution in [0.15, 0.2) is 24.3 Å². The normalized spacial score (nSPS) is 30.3. The van der Waals surface area contributed by atoms with Crippen LogP contribution in [0.5, 0.6) is 0 Å². The van der Waals surface area contributed by atoms with E-state index in [-0.39, 0.29) is 5.91 Å². The molecule has 0 unspecified atom stereocenters. The quantitative estimate of drug-likeness (QED) is 0.806. The highest BCUT2D eigenvalue weighted by molar-refractivity contribution is 14.1. The van der Waals surface area contributed by atoms with Gasteiger partial charge in [0.1, 0.15) is 0 Å². The van der Waals surface area contributed by atoms with Crippen LogP contribution in [0.3, 0.4) is 0 Å². The van der Waals surface area contributed by atoms with E-state index in [0.717, 1.165) is 21.0 Å². The molecule has 3 heteroatoms. The molecule has 2 bridgehead atoms. The molecular formula is C16H20INO. The summed E-state index contributed by atoms with van der Waals surface area (Å²) in [7, 11) is 0. The van der Waals surface area contributed by atoms with Gasteiger partial charge in [-0.1, -0.05) is 6.42 Å². The predicted octanol–water partition coefficient (Wildman–Crippen LogP) is 3.85. The summed E-state index contributed by atoms with van der Waals surface area (Å²) in [6.07, 6.45) is 5.51. The minimum atomic E-state index is 0.0756. The van der Waals surface area contributed by atoms with Crippen LogP contribution in [0.1, 0.15) is 43.0 Å². The Morgan fingerprint density at radius 2 is 2.00 bits per heavy atom. The van der Waals surface area contributed by atoms with Gasteiger partial charge in [0, 0.05) is 15.2 Å². The molecule has 0 radical (unpaired) electrons. The van der Waals surface area contributed by atoms with Gasteiger partial charge in [-0.15, -0.1) is 0 Å². The smallest absolute Gasteiger partial charge is 0.251 e. The van der Waals surface area contributed by atoms with Gasteiger partial charge in [-0.25, -0.2) is 0 Å². The largest absolute Gasteiger partial charge is 0.349 e. The second kappa shape index (κ2) is 5.43. The van der Waals surface area contributed by atoms with Gasteiger partial charge in [-0.2, -0.15) is 0 Å². The fourth-order valence-corrected chi connectivity index (χ4v) is 4.26. The highest BCUT2D eigenvalue weighted by Gasteiger charge is 2.42. The first-order valence-corrected chi connectivity index (χ1v) is 8.28. The molecule has 19 heavy (non-hydrogen) atoms. The SMILES string of the molecule is C[C@H](NC(=O)c1ccc(I)cc1)[C@H]1C[C@H]2CC[C@H]1C2. The Labute approximate surface area is 128 Å². The van der Waals surface area contributed by atoms with Crippen LogP contribution in [-0.4, -0.2) is 11.9 Å². The van der Waals surface area contributed by atoms with Crippen LogP contribution >= 0.6 is 22.6 Å². The minimum absolute atomic E-state index is 0.0756. The molecular weight excluding hydrogens is 349 g/mol. The number of carbonyl (C=O) groups is 1. The molecule has 0 saturated heterocycles. The molecule has 1 amide bonds. The van der Waals surface area contributed by atoms with Crippen LogP contribution in [0.4, 0.5) is 0 Å². The Kier molecular flexibility index (Phi) is 3.83. The monoisotopic (exact) mass is 369 g/mol. The Morgan fingerprint density at radius 3 is 2.58 bits per heavy atom. The van der Waals surface area contributed by atoms with Crippen LogP contribution < -0.4 is 5.32 Å². The van der Waals surface area contributed by atoms with Crippen molar-refractivity contribution in [1.29, 1.82) is 0 Å². The molecule has 1 N–H and O–H groups in total. The van der Waals surface area contributed by atoms with E-state index in [1.807, 2.05) is 24.3 Å². The topological polar surface area (TPSA) is 29.1 Å². The highest BCUT2D eigenvalue weighted by Crippen LogP contribution is 2.49. The molecule has 1 aromatic rings. The first-order valence-electron chi connectivity index (χ1n) is 7.20. The van der Waals surface area contributed by atoms with Crippen molar-refractivity contribution in [3.63, 3.8) is 0 Å². The Morgan fingerprint density at radius 1 is 1.26 bits per heavy atom. The lowest BCUT2D eigenvalue weighted by Crippen LogP contribution is -2.40. The van der Waals surface area contributed by atoms with Crippen molar-refractivity contribution in [3.8, 4) is 0 Å². The lowest BCUT2D eigenvalue weighted by molar-refractivity contribution is 0.0915. The number of rotatable bonds is 3. The standard InChI is InChI=1S/C16H20INO/c1-10(15-9-11-2-3-13(15)8-11)18-16(19)12-4-6-14(17)7-5-12/h4-7,10-11,13,15H,2-3,8-9H2,1H3,(H,18,19)/t10-,11-,13-,15+/m0/s1. The lowest BCUT2D eigenvalue weighted by atomic mass is 9.84. The highest BCUT2D eigenvalue weighted by atomic mass is 127. The van der Waals surface area contributed by atoms with E-state index in [1.165, 1.54) is 25.7 Å². The molecule has 2 fully saturated rings. The van der Waals surface area contributed by atoms with Gasteiger partial charge in [0.25, 0.3) is 5.91 Å². The minimum Gasteiger partial charge on any atom is -0.349 e.